The summed E-state index contributed by atoms with van der Waals surface area (Å²) in [6, 6.07) is 7.02. The van der Waals surface area contributed by atoms with Crippen molar-refractivity contribution in [1.29, 1.82) is 0 Å². The van der Waals surface area contributed by atoms with Crippen molar-refractivity contribution >= 4 is 0 Å². The lowest BCUT2D eigenvalue weighted by Gasteiger charge is -2.34. The molecule has 0 heterocycles. The van der Waals surface area contributed by atoms with E-state index in [1.807, 2.05) is 0 Å². The van der Waals surface area contributed by atoms with E-state index in [1.165, 1.54) is 42.4 Å². The molecule has 0 spiro atoms. The first-order valence-corrected chi connectivity index (χ1v) is 8.64. The van der Waals surface area contributed by atoms with Crippen LogP contribution < -0.4 is 5.73 Å². The molecule has 1 fully saturated rings. The first-order valence-electron chi connectivity index (χ1n) is 8.64. The molecule has 21 heavy (non-hydrogen) atoms. The molecule has 0 aliphatic heterocycles. The SMILES string of the molecule is Cc1ccc(C(C)(C)C)cc1C(CN)C1CCC(C)CC1. The molecule has 2 rings (SSSR count). The van der Waals surface area contributed by atoms with Crippen molar-refractivity contribution in [3.63, 3.8) is 0 Å². The molecular weight excluding hydrogens is 254 g/mol. The number of aryl methyl sites for hydroxylation is 1. The number of hydrogen-bond acceptors (Lipinski definition) is 1. The Labute approximate surface area is 131 Å². The molecule has 1 heteroatoms. The molecule has 1 saturated carbocycles. The van der Waals surface area contributed by atoms with E-state index in [1.54, 1.807) is 0 Å². The lowest BCUT2D eigenvalue weighted by atomic mass is 9.72. The van der Waals surface area contributed by atoms with E-state index in [2.05, 4.69) is 52.8 Å². The Morgan fingerprint density at radius 1 is 1.14 bits per heavy atom. The van der Waals surface area contributed by atoms with Gasteiger partial charge in [0.25, 0.3) is 0 Å². The summed E-state index contributed by atoms with van der Waals surface area (Å²) in [6.45, 7) is 12.3. The molecule has 0 aromatic heterocycles. The molecule has 1 unspecified atom stereocenters. The summed E-state index contributed by atoms with van der Waals surface area (Å²) in [5.74, 6) is 2.22. The minimum absolute atomic E-state index is 0.211. The average Bonchev–Trinajstić information content (AvgIpc) is 2.42. The van der Waals surface area contributed by atoms with E-state index in [-0.39, 0.29) is 5.41 Å². The highest BCUT2D eigenvalue weighted by atomic mass is 14.6. The molecule has 1 aromatic rings. The lowest BCUT2D eigenvalue weighted by Crippen LogP contribution is -2.26. The maximum Gasteiger partial charge on any atom is -0.000546 e. The quantitative estimate of drug-likeness (QED) is 0.816. The molecule has 1 atom stereocenters. The minimum Gasteiger partial charge on any atom is -0.330 e. The summed E-state index contributed by atoms with van der Waals surface area (Å²) in [6.07, 6.45) is 5.45. The van der Waals surface area contributed by atoms with E-state index in [9.17, 15) is 0 Å². The van der Waals surface area contributed by atoms with Crippen LogP contribution in [-0.2, 0) is 5.41 Å². The van der Waals surface area contributed by atoms with Gasteiger partial charge in [-0.05, 0) is 66.2 Å². The van der Waals surface area contributed by atoms with Crippen molar-refractivity contribution < 1.29 is 0 Å². The molecule has 2 N–H and O–H groups in total. The van der Waals surface area contributed by atoms with Gasteiger partial charge in [-0.1, -0.05) is 58.7 Å². The van der Waals surface area contributed by atoms with Crippen LogP contribution in [0.5, 0.6) is 0 Å². The van der Waals surface area contributed by atoms with E-state index in [4.69, 9.17) is 5.73 Å². The third-order valence-corrected chi connectivity index (χ3v) is 5.43. The van der Waals surface area contributed by atoms with Crippen LogP contribution >= 0.6 is 0 Å². The second-order valence-corrected chi connectivity index (χ2v) is 8.18. The topological polar surface area (TPSA) is 26.0 Å². The first-order chi connectivity index (χ1) is 9.82. The van der Waals surface area contributed by atoms with Gasteiger partial charge in [0, 0.05) is 0 Å². The smallest absolute Gasteiger partial charge is 0.000546 e. The first kappa shape index (κ1) is 16.5. The third kappa shape index (κ3) is 3.88. The summed E-state index contributed by atoms with van der Waals surface area (Å²) in [7, 11) is 0. The van der Waals surface area contributed by atoms with Crippen LogP contribution in [0.25, 0.3) is 0 Å². The molecule has 118 valence electrons. The number of hydrogen-bond donors (Lipinski definition) is 1. The van der Waals surface area contributed by atoms with Gasteiger partial charge in [0.1, 0.15) is 0 Å². The summed E-state index contributed by atoms with van der Waals surface area (Å²) in [4.78, 5) is 0. The van der Waals surface area contributed by atoms with Crippen molar-refractivity contribution in [3.8, 4) is 0 Å². The van der Waals surface area contributed by atoms with Crippen molar-refractivity contribution in [1.82, 2.24) is 0 Å². The van der Waals surface area contributed by atoms with Gasteiger partial charge in [-0.3, -0.25) is 0 Å². The third-order valence-electron chi connectivity index (χ3n) is 5.43. The highest BCUT2D eigenvalue weighted by Gasteiger charge is 2.28. The van der Waals surface area contributed by atoms with Crippen molar-refractivity contribution in [3.05, 3.63) is 34.9 Å². The Morgan fingerprint density at radius 3 is 2.29 bits per heavy atom. The Hall–Kier alpha value is -0.820. The zero-order valence-electron chi connectivity index (χ0n) is 14.6. The van der Waals surface area contributed by atoms with E-state index >= 15 is 0 Å². The standard InChI is InChI=1S/C20H33N/c1-14-6-9-16(10-7-14)19(13-21)18-12-17(20(3,4)5)11-8-15(18)2/h8,11-12,14,16,19H,6-7,9-10,13,21H2,1-5H3. The molecule has 1 aliphatic carbocycles. The van der Waals surface area contributed by atoms with Crippen LogP contribution in [0.15, 0.2) is 18.2 Å². The summed E-state index contributed by atoms with van der Waals surface area (Å²) < 4.78 is 0. The Morgan fingerprint density at radius 2 is 1.76 bits per heavy atom. The fourth-order valence-electron chi connectivity index (χ4n) is 3.77. The molecular formula is C20H33N. The number of benzene rings is 1. The summed E-state index contributed by atoms with van der Waals surface area (Å²) in [5, 5.41) is 0. The summed E-state index contributed by atoms with van der Waals surface area (Å²) in [5.41, 5.74) is 10.8. The van der Waals surface area contributed by atoms with Gasteiger partial charge >= 0.3 is 0 Å². The molecule has 1 aromatic carbocycles. The van der Waals surface area contributed by atoms with Crippen LogP contribution in [0.3, 0.4) is 0 Å². The number of rotatable bonds is 3. The molecule has 0 saturated heterocycles. The van der Waals surface area contributed by atoms with Gasteiger partial charge in [0.2, 0.25) is 0 Å². The van der Waals surface area contributed by atoms with Crippen LogP contribution in [0.2, 0.25) is 0 Å². The maximum atomic E-state index is 6.20. The van der Waals surface area contributed by atoms with Crippen molar-refractivity contribution in [2.45, 2.75) is 71.6 Å². The maximum absolute atomic E-state index is 6.20. The van der Waals surface area contributed by atoms with Gasteiger partial charge in [0.05, 0.1) is 0 Å². The monoisotopic (exact) mass is 287 g/mol. The van der Waals surface area contributed by atoms with Crippen LogP contribution in [-0.4, -0.2) is 6.54 Å². The normalized spacial score (nSPS) is 24.9. The second kappa shape index (κ2) is 6.52. The molecule has 0 bridgehead atoms. The highest BCUT2D eigenvalue weighted by molar-refractivity contribution is 5.37. The van der Waals surface area contributed by atoms with Crippen LogP contribution in [0.4, 0.5) is 0 Å². The van der Waals surface area contributed by atoms with E-state index < -0.39 is 0 Å². The second-order valence-electron chi connectivity index (χ2n) is 8.18. The van der Waals surface area contributed by atoms with Gasteiger partial charge in [0.15, 0.2) is 0 Å². The summed E-state index contributed by atoms with van der Waals surface area (Å²) >= 11 is 0. The molecule has 1 nitrogen and oxygen atoms in total. The van der Waals surface area contributed by atoms with Crippen molar-refractivity contribution in [2.24, 2.45) is 17.6 Å². The zero-order chi connectivity index (χ0) is 15.6. The Bertz CT molecular complexity index is 461. The van der Waals surface area contributed by atoms with Crippen LogP contribution in [0, 0.1) is 18.8 Å². The molecule has 0 radical (unpaired) electrons. The minimum atomic E-state index is 0.211. The Balaban J connectivity index is 2.29. The fraction of sp³-hybridized carbons (Fsp3) is 0.700. The van der Waals surface area contributed by atoms with Gasteiger partial charge in [-0.15, -0.1) is 0 Å². The number of nitrogens with two attached hydrogens (primary N) is 1. The molecule has 1 aliphatic rings. The highest BCUT2D eigenvalue weighted by Crippen LogP contribution is 2.39. The van der Waals surface area contributed by atoms with Crippen LogP contribution in [0.1, 0.15) is 76.0 Å². The Kier molecular flexibility index (Phi) is 5.14. The predicted molar refractivity (Wildman–Crippen MR) is 92.8 cm³/mol. The van der Waals surface area contributed by atoms with Crippen molar-refractivity contribution in [2.75, 3.05) is 6.54 Å². The van der Waals surface area contributed by atoms with Gasteiger partial charge in [-0.2, -0.15) is 0 Å². The largest absolute Gasteiger partial charge is 0.330 e. The van der Waals surface area contributed by atoms with Gasteiger partial charge < -0.3 is 5.73 Å². The fourth-order valence-corrected chi connectivity index (χ4v) is 3.77. The predicted octanol–water partition coefficient (Wildman–Crippen LogP) is 5.16. The lowest BCUT2D eigenvalue weighted by molar-refractivity contribution is 0.255. The average molecular weight is 287 g/mol. The van der Waals surface area contributed by atoms with Gasteiger partial charge in [-0.25, -0.2) is 0 Å². The van der Waals surface area contributed by atoms with E-state index in [0.29, 0.717) is 5.92 Å². The van der Waals surface area contributed by atoms with E-state index in [0.717, 1.165) is 18.4 Å². The molecule has 0 amide bonds. The zero-order valence-corrected chi connectivity index (χ0v) is 14.6.